The monoisotopic (exact) mass is 274 g/mol. The van der Waals surface area contributed by atoms with E-state index in [1.807, 2.05) is 18.2 Å². The standard InChI is InChI=1S/C15H18N2OS/c1-3-8-17(9-4-2)15(18)13-7-5-6-12(10-13)11-14(16)19/h3-7,10H,1-2,8-9,11H2,(H2,16,19). The molecule has 0 bridgehead atoms. The Bertz CT molecular complexity index is 487. The van der Waals surface area contributed by atoms with Crippen LogP contribution >= 0.6 is 12.2 Å². The SMILES string of the molecule is C=CCN(CC=C)C(=O)c1cccc(CC(N)=S)c1. The molecule has 3 nitrogen and oxygen atoms in total. The third-order valence-electron chi connectivity index (χ3n) is 2.54. The minimum atomic E-state index is -0.0513. The normalized spacial score (nSPS) is 9.68. The number of nitrogens with zero attached hydrogens (tertiary/aromatic N) is 1. The molecule has 0 radical (unpaired) electrons. The highest BCUT2D eigenvalue weighted by atomic mass is 32.1. The van der Waals surface area contributed by atoms with Crippen LogP contribution in [-0.2, 0) is 6.42 Å². The van der Waals surface area contributed by atoms with Gasteiger partial charge in [0.15, 0.2) is 0 Å². The van der Waals surface area contributed by atoms with E-state index in [0.29, 0.717) is 30.1 Å². The average molecular weight is 274 g/mol. The molecule has 0 atom stereocenters. The molecule has 2 N–H and O–H groups in total. The zero-order valence-corrected chi connectivity index (χ0v) is 11.7. The molecule has 0 aliphatic rings. The maximum Gasteiger partial charge on any atom is 0.254 e. The Balaban J connectivity index is 2.93. The Labute approximate surface area is 119 Å². The van der Waals surface area contributed by atoms with Crippen LogP contribution in [0.5, 0.6) is 0 Å². The zero-order chi connectivity index (χ0) is 14.3. The molecule has 4 heteroatoms. The molecule has 0 aliphatic carbocycles. The third kappa shape index (κ3) is 4.67. The van der Waals surface area contributed by atoms with Crippen molar-refractivity contribution in [2.75, 3.05) is 13.1 Å². The minimum Gasteiger partial charge on any atom is -0.393 e. The maximum absolute atomic E-state index is 12.3. The van der Waals surface area contributed by atoms with Crippen molar-refractivity contribution in [2.24, 2.45) is 5.73 Å². The van der Waals surface area contributed by atoms with Crippen LogP contribution in [0.15, 0.2) is 49.6 Å². The van der Waals surface area contributed by atoms with Gasteiger partial charge < -0.3 is 10.6 Å². The lowest BCUT2D eigenvalue weighted by Gasteiger charge is -2.19. The maximum atomic E-state index is 12.3. The number of carbonyl (C=O) groups excluding carboxylic acids is 1. The van der Waals surface area contributed by atoms with Crippen LogP contribution in [0.4, 0.5) is 0 Å². The van der Waals surface area contributed by atoms with E-state index in [9.17, 15) is 4.79 Å². The van der Waals surface area contributed by atoms with E-state index in [2.05, 4.69) is 13.2 Å². The van der Waals surface area contributed by atoms with Crippen LogP contribution in [0.25, 0.3) is 0 Å². The molecule has 100 valence electrons. The van der Waals surface area contributed by atoms with E-state index >= 15 is 0 Å². The van der Waals surface area contributed by atoms with Gasteiger partial charge in [-0.15, -0.1) is 13.2 Å². The smallest absolute Gasteiger partial charge is 0.254 e. The second-order valence-electron chi connectivity index (χ2n) is 4.13. The van der Waals surface area contributed by atoms with Gasteiger partial charge in [-0.2, -0.15) is 0 Å². The summed E-state index contributed by atoms with van der Waals surface area (Å²) < 4.78 is 0. The lowest BCUT2D eigenvalue weighted by Crippen LogP contribution is -2.31. The van der Waals surface area contributed by atoms with Crippen molar-refractivity contribution in [1.29, 1.82) is 0 Å². The summed E-state index contributed by atoms with van der Waals surface area (Å²) in [6.07, 6.45) is 3.89. The van der Waals surface area contributed by atoms with E-state index < -0.39 is 0 Å². The van der Waals surface area contributed by atoms with Crippen molar-refractivity contribution in [3.05, 3.63) is 60.7 Å². The topological polar surface area (TPSA) is 46.3 Å². The molecule has 0 aliphatic heterocycles. The molecular weight excluding hydrogens is 256 g/mol. The minimum absolute atomic E-state index is 0.0513. The number of hydrogen-bond acceptors (Lipinski definition) is 2. The van der Waals surface area contributed by atoms with Crippen molar-refractivity contribution in [3.63, 3.8) is 0 Å². The van der Waals surface area contributed by atoms with Gasteiger partial charge in [0.2, 0.25) is 0 Å². The Hall–Kier alpha value is -1.94. The average Bonchev–Trinajstić information content (AvgIpc) is 2.37. The fourth-order valence-corrected chi connectivity index (χ4v) is 1.92. The number of benzene rings is 1. The van der Waals surface area contributed by atoms with Gasteiger partial charge in [-0.25, -0.2) is 0 Å². The summed E-state index contributed by atoms with van der Waals surface area (Å²) in [5, 5.41) is 0. The lowest BCUT2D eigenvalue weighted by molar-refractivity contribution is 0.0791. The fourth-order valence-electron chi connectivity index (χ4n) is 1.75. The highest BCUT2D eigenvalue weighted by Gasteiger charge is 2.13. The highest BCUT2D eigenvalue weighted by Crippen LogP contribution is 2.10. The number of thiocarbonyl (C=S) groups is 1. The van der Waals surface area contributed by atoms with E-state index in [1.54, 1.807) is 23.1 Å². The van der Waals surface area contributed by atoms with Crippen LogP contribution in [-0.4, -0.2) is 28.9 Å². The molecule has 1 aromatic rings. The summed E-state index contributed by atoms with van der Waals surface area (Å²) in [6.45, 7) is 8.29. The molecule has 0 fully saturated rings. The molecule has 0 heterocycles. The first-order valence-electron chi connectivity index (χ1n) is 5.96. The summed E-state index contributed by atoms with van der Waals surface area (Å²) in [5.74, 6) is -0.0513. The van der Waals surface area contributed by atoms with Gasteiger partial charge in [-0.05, 0) is 17.7 Å². The van der Waals surface area contributed by atoms with Gasteiger partial charge in [0.1, 0.15) is 0 Å². The number of carbonyl (C=O) groups is 1. The molecule has 0 saturated carbocycles. The fraction of sp³-hybridized carbons (Fsp3) is 0.200. The largest absolute Gasteiger partial charge is 0.393 e. The summed E-state index contributed by atoms with van der Waals surface area (Å²) in [7, 11) is 0. The van der Waals surface area contributed by atoms with Gasteiger partial charge in [0.05, 0.1) is 4.99 Å². The Morgan fingerprint density at radius 2 is 1.95 bits per heavy atom. The van der Waals surface area contributed by atoms with Crippen LogP contribution in [0.3, 0.4) is 0 Å². The summed E-state index contributed by atoms with van der Waals surface area (Å²) in [5.41, 5.74) is 7.08. The molecular formula is C15H18N2OS. The Morgan fingerprint density at radius 1 is 1.32 bits per heavy atom. The van der Waals surface area contributed by atoms with Crippen molar-refractivity contribution in [1.82, 2.24) is 4.90 Å². The first kappa shape index (κ1) is 15.1. The van der Waals surface area contributed by atoms with E-state index in [-0.39, 0.29) is 5.91 Å². The number of amides is 1. The number of nitrogens with two attached hydrogens (primary N) is 1. The molecule has 0 saturated heterocycles. The lowest BCUT2D eigenvalue weighted by atomic mass is 10.1. The Kier molecular flexibility index (Phi) is 5.96. The van der Waals surface area contributed by atoms with Crippen molar-refractivity contribution in [3.8, 4) is 0 Å². The molecule has 0 spiro atoms. The van der Waals surface area contributed by atoms with Gasteiger partial charge >= 0.3 is 0 Å². The molecule has 1 aromatic carbocycles. The Morgan fingerprint density at radius 3 is 2.47 bits per heavy atom. The van der Waals surface area contributed by atoms with E-state index in [1.165, 1.54) is 0 Å². The predicted molar refractivity (Wildman–Crippen MR) is 83.2 cm³/mol. The van der Waals surface area contributed by atoms with E-state index in [4.69, 9.17) is 18.0 Å². The molecule has 1 amide bonds. The van der Waals surface area contributed by atoms with Crippen molar-refractivity contribution < 1.29 is 4.79 Å². The second kappa shape index (κ2) is 7.48. The molecule has 19 heavy (non-hydrogen) atoms. The quantitative estimate of drug-likeness (QED) is 0.613. The summed E-state index contributed by atoms with van der Waals surface area (Å²) in [6, 6.07) is 7.34. The molecule has 1 rings (SSSR count). The number of hydrogen-bond donors (Lipinski definition) is 1. The van der Waals surface area contributed by atoms with Gasteiger partial charge in [0, 0.05) is 25.1 Å². The summed E-state index contributed by atoms with van der Waals surface area (Å²) >= 11 is 4.88. The first-order valence-corrected chi connectivity index (χ1v) is 6.37. The predicted octanol–water partition coefficient (Wildman–Crippen LogP) is 2.33. The van der Waals surface area contributed by atoms with Crippen LogP contribution in [0, 0.1) is 0 Å². The van der Waals surface area contributed by atoms with Crippen molar-refractivity contribution >= 4 is 23.1 Å². The second-order valence-corrected chi connectivity index (χ2v) is 4.66. The van der Waals surface area contributed by atoms with Crippen LogP contribution < -0.4 is 5.73 Å². The van der Waals surface area contributed by atoms with Crippen LogP contribution in [0.1, 0.15) is 15.9 Å². The molecule has 0 aromatic heterocycles. The van der Waals surface area contributed by atoms with Gasteiger partial charge in [-0.3, -0.25) is 4.79 Å². The third-order valence-corrected chi connectivity index (χ3v) is 2.68. The zero-order valence-electron chi connectivity index (χ0n) is 10.8. The van der Waals surface area contributed by atoms with E-state index in [0.717, 1.165) is 5.56 Å². The summed E-state index contributed by atoms with van der Waals surface area (Å²) in [4.78, 5) is 14.4. The van der Waals surface area contributed by atoms with Crippen LogP contribution in [0.2, 0.25) is 0 Å². The number of rotatable bonds is 7. The molecule has 0 unspecified atom stereocenters. The van der Waals surface area contributed by atoms with Crippen molar-refractivity contribution in [2.45, 2.75) is 6.42 Å². The van der Waals surface area contributed by atoms with Gasteiger partial charge in [0.25, 0.3) is 5.91 Å². The first-order chi connectivity index (χ1) is 9.08. The van der Waals surface area contributed by atoms with Gasteiger partial charge in [-0.1, -0.05) is 36.5 Å². The highest BCUT2D eigenvalue weighted by molar-refractivity contribution is 7.80.